The predicted molar refractivity (Wildman–Crippen MR) is 119 cm³/mol. The van der Waals surface area contributed by atoms with Crippen molar-refractivity contribution in [2.45, 2.75) is 12.8 Å². The molecule has 0 amide bonds. The van der Waals surface area contributed by atoms with Crippen LogP contribution in [0.25, 0.3) is 0 Å². The first-order valence-corrected chi connectivity index (χ1v) is 9.35. The molecule has 0 unspecified atom stereocenters. The summed E-state index contributed by atoms with van der Waals surface area (Å²) in [5.74, 6) is 0.175. The van der Waals surface area contributed by atoms with E-state index < -0.39 is 16.0 Å². The van der Waals surface area contributed by atoms with Gasteiger partial charge in [-0.15, -0.1) is 0 Å². The van der Waals surface area contributed by atoms with Crippen molar-refractivity contribution in [2.24, 2.45) is 0 Å². The Morgan fingerprint density at radius 3 is 1.56 bits per heavy atom. The van der Waals surface area contributed by atoms with Crippen LogP contribution in [0.4, 0.5) is 16.2 Å². The van der Waals surface area contributed by atoms with Gasteiger partial charge >= 0.3 is 6.16 Å². The number of rotatable bonds is 10. The van der Waals surface area contributed by atoms with Gasteiger partial charge in [0.15, 0.2) is 0 Å². The Bertz CT molecular complexity index is 1020. The monoisotopic (exact) mass is 436 g/mol. The number of hydrogen-bond acceptors (Lipinski definition) is 7. The Morgan fingerprint density at radius 1 is 0.812 bits per heavy atom. The van der Waals surface area contributed by atoms with Crippen LogP contribution in [-0.4, -0.2) is 16.0 Å². The van der Waals surface area contributed by atoms with Crippen molar-refractivity contribution < 1.29 is 24.1 Å². The molecular formula is C23H20N2O7. The van der Waals surface area contributed by atoms with E-state index in [4.69, 9.17) is 9.47 Å². The summed E-state index contributed by atoms with van der Waals surface area (Å²) in [4.78, 5) is 33.4. The number of nitro groups is 2. The van der Waals surface area contributed by atoms with Crippen LogP contribution in [0, 0.1) is 20.2 Å². The molecule has 0 aliphatic rings. The van der Waals surface area contributed by atoms with Gasteiger partial charge in [0.2, 0.25) is 0 Å². The molecule has 0 aliphatic heterocycles. The van der Waals surface area contributed by atoms with E-state index in [0.29, 0.717) is 11.1 Å². The molecule has 9 heteroatoms. The topological polar surface area (TPSA) is 122 Å². The fourth-order valence-electron chi connectivity index (χ4n) is 2.66. The molecule has 164 valence electrons. The SMILES string of the molecule is C=C/C=C/Cc1cc([N+](=O)[O-])ccc1OC(=O)Oc1ccc([N+](=O)[O-])cc1C/C=C/C=C. The Kier molecular flexibility index (Phi) is 8.61. The second-order valence-electron chi connectivity index (χ2n) is 6.29. The van der Waals surface area contributed by atoms with Gasteiger partial charge in [-0.05, 0) is 25.0 Å². The Labute approximate surface area is 183 Å². The van der Waals surface area contributed by atoms with Crippen molar-refractivity contribution in [3.63, 3.8) is 0 Å². The number of allylic oxidation sites excluding steroid dienone is 6. The lowest BCUT2D eigenvalue weighted by molar-refractivity contribution is -0.385. The first-order chi connectivity index (χ1) is 15.3. The Balaban J connectivity index is 2.27. The summed E-state index contributed by atoms with van der Waals surface area (Å²) in [5.41, 5.74) is 0.484. The van der Waals surface area contributed by atoms with Gasteiger partial charge in [-0.25, -0.2) is 4.79 Å². The minimum absolute atomic E-state index is 0.0873. The molecule has 0 atom stereocenters. The van der Waals surface area contributed by atoms with Gasteiger partial charge in [-0.2, -0.15) is 0 Å². The number of benzene rings is 2. The van der Waals surface area contributed by atoms with Crippen LogP contribution in [0.5, 0.6) is 11.5 Å². The number of non-ortho nitro benzene ring substituents is 2. The van der Waals surface area contributed by atoms with Crippen molar-refractivity contribution in [1.29, 1.82) is 0 Å². The van der Waals surface area contributed by atoms with Gasteiger partial charge in [-0.3, -0.25) is 20.2 Å². The van der Waals surface area contributed by atoms with Crippen LogP contribution < -0.4 is 9.47 Å². The maximum atomic E-state index is 12.4. The number of carbonyl (C=O) groups excluding carboxylic acids is 1. The summed E-state index contributed by atoms with van der Waals surface area (Å²) in [7, 11) is 0. The van der Waals surface area contributed by atoms with Crippen molar-refractivity contribution in [1.82, 2.24) is 0 Å². The summed E-state index contributed by atoms with van der Waals surface area (Å²) in [6.07, 6.45) is 9.22. The number of carbonyl (C=O) groups is 1. The fourth-order valence-corrected chi connectivity index (χ4v) is 2.66. The molecule has 0 aromatic heterocycles. The minimum atomic E-state index is -1.09. The molecule has 0 spiro atoms. The van der Waals surface area contributed by atoms with E-state index in [9.17, 15) is 25.0 Å². The molecule has 2 aromatic rings. The van der Waals surface area contributed by atoms with Crippen LogP contribution in [-0.2, 0) is 12.8 Å². The molecular weight excluding hydrogens is 416 g/mol. The van der Waals surface area contributed by atoms with Crippen molar-refractivity contribution in [3.8, 4) is 11.5 Å². The van der Waals surface area contributed by atoms with Crippen LogP contribution in [0.1, 0.15) is 11.1 Å². The third kappa shape index (κ3) is 6.77. The molecule has 0 heterocycles. The molecule has 0 aliphatic carbocycles. The third-order valence-electron chi connectivity index (χ3n) is 4.12. The molecule has 9 nitrogen and oxygen atoms in total. The van der Waals surface area contributed by atoms with Gasteiger partial charge in [0.1, 0.15) is 11.5 Å². The van der Waals surface area contributed by atoms with E-state index in [-0.39, 0.29) is 35.7 Å². The zero-order valence-electron chi connectivity index (χ0n) is 17.0. The van der Waals surface area contributed by atoms with E-state index in [1.807, 2.05) is 0 Å². The molecule has 0 fully saturated rings. The summed E-state index contributed by atoms with van der Waals surface area (Å²) in [6.45, 7) is 7.11. The highest BCUT2D eigenvalue weighted by atomic mass is 16.7. The molecule has 2 aromatic carbocycles. The maximum Gasteiger partial charge on any atom is 0.519 e. The smallest absolute Gasteiger partial charge is 0.394 e. The second-order valence-corrected chi connectivity index (χ2v) is 6.29. The van der Waals surface area contributed by atoms with Crippen LogP contribution in [0.2, 0.25) is 0 Å². The number of ether oxygens (including phenoxy) is 2. The van der Waals surface area contributed by atoms with Crippen LogP contribution in [0.15, 0.2) is 86.0 Å². The molecule has 0 saturated carbocycles. The van der Waals surface area contributed by atoms with E-state index >= 15 is 0 Å². The zero-order valence-corrected chi connectivity index (χ0v) is 17.0. The van der Waals surface area contributed by atoms with Crippen molar-refractivity contribution in [3.05, 3.63) is 117 Å². The standard InChI is InChI=1S/C23H20N2O7/c1-3-5-7-9-17-15-19(24(27)28)11-13-21(17)31-23(26)32-22-14-12-20(25(29)30)16-18(22)10-8-6-4-2/h3-8,11-16H,1-2,9-10H2/b7-5+,8-6+. The van der Waals surface area contributed by atoms with E-state index in [1.54, 1.807) is 36.5 Å². The maximum absolute atomic E-state index is 12.4. The van der Waals surface area contributed by atoms with Gasteiger partial charge in [0.05, 0.1) is 9.85 Å². The number of nitrogens with zero attached hydrogens (tertiary/aromatic N) is 2. The quantitative estimate of drug-likeness (QED) is 0.155. The molecule has 0 N–H and O–H groups in total. The van der Waals surface area contributed by atoms with Crippen molar-refractivity contribution in [2.75, 3.05) is 0 Å². The average Bonchev–Trinajstić information content (AvgIpc) is 2.75. The number of hydrogen-bond donors (Lipinski definition) is 0. The third-order valence-corrected chi connectivity index (χ3v) is 4.12. The van der Waals surface area contributed by atoms with Gasteiger partial charge in [-0.1, -0.05) is 49.6 Å². The molecule has 0 saturated heterocycles. The van der Waals surface area contributed by atoms with E-state index in [1.165, 1.54) is 36.4 Å². The highest BCUT2D eigenvalue weighted by Crippen LogP contribution is 2.28. The largest absolute Gasteiger partial charge is 0.519 e. The molecule has 0 radical (unpaired) electrons. The van der Waals surface area contributed by atoms with Crippen LogP contribution >= 0.6 is 0 Å². The fraction of sp³-hybridized carbons (Fsp3) is 0.0870. The first kappa shape index (κ1) is 23.7. The van der Waals surface area contributed by atoms with Gasteiger partial charge < -0.3 is 9.47 Å². The zero-order chi connectivity index (χ0) is 23.5. The Morgan fingerprint density at radius 2 is 1.22 bits per heavy atom. The lowest BCUT2D eigenvalue weighted by Crippen LogP contribution is -2.15. The number of nitro benzene ring substituents is 2. The average molecular weight is 436 g/mol. The van der Waals surface area contributed by atoms with E-state index in [0.717, 1.165) is 0 Å². The van der Waals surface area contributed by atoms with Gasteiger partial charge in [0, 0.05) is 35.4 Å². The molecule has 2 rings (SSSR count). The summed E-state index contributed by atoms with van der Waals surface area (Å²) >= 11 is 0. The lowest BCUT2D eigenvalue weighted by atomic mass is 10.1. The molecule has 0 bridgehead atoms. The summed E-state index contributed by atoms with van der Waals surface area (Å²) in [5, 5.41) is 22.1. The summed E-state index contributed by atoms with van der Waals surface area (Å²) in [6, 6.07) is 7.63. The highest BCUT2D eigenvalue weighted by Gasteiger charge is 2.18. The first-order valence-electron chi connectivity index (χ1n) is 9.35. The Hall–Kier alpha value is -4.53. The summed E-state index contributed by atoms with van der Waals surface area (Å²) < 4.78 is 10.5. The van der Waals surface area contributed by atoms with Crippen molar-refractivity contribution >= 4 is 17.5 Å². The predicted octanol–water partition coefficient (Wildman–Crippen LogP) is 5.65. The van der Waals surface area contributed by atoms with E-state index in [2.05, 4.69) is 13.2 Å². The van der Waals surface area contributed by atoms with Gasteiger partial charge in [0.25, 0.3) is 11.4 Å². The molecule has 32 heavy (non-hydrogen) atoms. The normalized spacial score (nSPS) is 10.8. The van der Waals surface area contributed by atoms with Crippen LogP contribution in [0.3, 0.4) is 0 Å². The lowest BCUT2D eigenvalue weighted by Gasteiger charge is -2.11. The highest BCUT2D eigenvalue weighted by molar-refractivity contribution is 5.69. The second kappa shape index (κ2) is 11.6. The minimum Gasteiger partial charge on any atom is -0.394 e.